The summed E-state index contributed by atoms with van der Waals surface area (Å²) in [6, 6.07) is 15.7. The van der Waals surface area contributed by atoms with Gasteiger partial charge in [0.1, 0.15) is 17.5 Å². The first kappa shape index (κ1) is 21.1. The van der Waals surface area contributed by atoms with E-state index in [2.05, 4.69) is 4.90 Å². The molecule has 1 fully saturated rings. The SMILES string of the molecule is Cc1nc(N2CCCN(C(=O)c3ccc(F)cc3)CC2)c2c(C)nn(-c3ccccc3)c2n1. The van der Waals surface area contributed by atoms with Gasteiger partial charge in [-0.05, 0) is 56.7 Å². The highest BCUT2D eigenvalue weighted by atomic mass is 19.1. The Morgan fingerprint density at radius 1 is 0.909 bits per heavy atom. The highest BCUT2D eigenvalue weighted by Gasteiger charge is 2.25. The molecule has 2 aromatic carbocycles. The first-order valence-electron chi connectivity index (χ1n) is 11.1. The molecule has 7 nitrogen and oxygen atoms in total. The third kappa shape index (κ3) is 4.04. The van der Waals surface area contributed by atoms with Crippen LogP contribution in [0.1, 0.15) is 28.3 Å². The minimum atomic E-state index is -0.344. The van der Waals surface area contributed by atoms with Crippen LogP contribution in [0, 0.1) is 19.7 Å². The van der Waals surface area contributed by atoms with Gasteiger partial charge in [0.25, 0.3) is 5.91 Å². The summed E-state index contributed by atoms with van der Waals surface area (Å²) in [6.45, 7) is 6.49. The quantitative estimate of drug-likeness (QED) is 0.479. The number of aryl methyl sites for hydroxylation is 2. The number of hydrogen-bond acceptors (Lipinski definition) is 5. The number of para-hydroxylation sites is 1. The summed E-state index contributed by atoms with van der Waals surface area (Å²) in [5, 5.41) is 5.70. The number of hydrogen-bond donors (Lipinski definition) is 0. The van der Waals surface area contributed by atoms with Crippen molar-refractivity contribution in [3.63, 3.8) is 0 Å². The third-order valence-electron chi connectivity index (χ3n) is 5.97. The van der Waals surface area contributed by atoms with Gasteiger partial charge in [0.05, 0.1) is 16.8 Å². The molecule has 1 aliphatic rings. The molecule has 0 unspecified atom stereocenters. The number of rotatable bonds is 3. The van der Waals surface area contributed by atoms with Crippen LogP contribution in [0.4, 0.5) is 10.2 Å². The monoisotopic (exact) mass is 444 g/mol. The van der Waals surface area contributed by atoms with Gasteiger partial charge in [0.2, 0.25) is 0 Å². The topological polar surface area (TPSA) is 67.2 Å². The Morgan fingerprint density at radius 2 is 1.67 bits per heavy atom. The molecule has 1 aliphatic heterocycles. The molecule has 0 spiro atoms. The molecule has 0 radical (unpaired) electrons. The number of fused-ring (bicyclic) bond motifs is 1. The fourth-order valence-corrected chi connectivity index (χ4v) is 4.35. The van der Waals surface area contributed by atoms with Gasteiger partial charge in [-0.1, -0.05) is 18.2 Å². The highest BCUT2D eigenvalue weighted by Crippen LogP contribution is 2.29. The van der Waals surface area contributed by atoms with Crippen molar-refractivity contribution >= 4 is 22.8 Å². The number of carbonyl (C=O) groups excluding carboxylic acids is 1. The van der Waals surface area contributed by atoms with E-state index in [0.717, 1.165) is 41.2 Å². The summed E-state index contributed by atoms with van der Waals surface area (Å²) >= 11 is 0. The van der Waals surface area contributed by atoms with E-state index < -0.39 is 0 Å². The number of amides is 1. The van der Waals surface area contributed by atoms with Crippen molar-refractivity contribution < 1.29 is 9.18 Å². The molecule has 33 heavy (non-hydrogen) atoms. The van der Waals surface area contributed by atoms with Crippen LogP contribution < -0.4 is 4.90 Å². The Balaban J connectivity index is 1.45. The van der Waals surface area contributed by atoms with Gasteiger partial charge in [0, 0.05) is 31.7 Å². The molecule has 0 bridgehead atoms. The molecule has 4 aromatic rings. The second-order valence-electron chi connectivity index (χ2n) is 8.27. The van der Waals surface area contributed by atoms with Crippen LogP contribution in [0.3, 0.4) is 0 Å². The number of anilines is 1. The molecule has 8 heteroatoms. The molecule has 0 atom stereocenters. The van der Waals surface area contributed by atoms with E-state index >= 15 is 0 Å². The number of benzene rings is 2. The van der Waals surface area contributed by atoms with E-state index in [-0.39, 0.29) is 11.7 Å². The molecule has 2 aromatic heterocycles. The lowest BCUT2D eigenvalue weighted by Gasteiger charge is -2.24. The molecular weight excluding hydrogens is 419 g/mol. The lowest BCUT2D eigenvalue weighted by Crippen LogP contribution is -2.35. The van der Waals surface area contributed by atoms with Crippen molar-refractivity contribution in [2.75, 3.05) is 31.1 Å². The number of halogens is 1. The smallest absolute Gasteiger partial charge is 0.253 e. The van der Waals surface area contributed by atoms with Crippen LogP contribution in [0.2, 0.25) is 0 Å². The highest BCUT2D eigenvalue weighted by molar-refractivity contribution is 5.94. The van der Waals surface area contributed by atoms with Crippen LogP contribution in [0.25, 0.3) is 16.7 Å². The van der Waals surface area contributed by atoms with E-state index in [1.54, 1.807) is 12.1 Å². The minimum absolute atomic E-state index is 0.0751. The Labute approximate surface area is 191 Å². The van der Waals surface area contributed by atoms with Gasteiger partial charge < -0.3 is 9.80 Å². The molecule has 1 amide bonds. The predicted molar refractivity (Wildman–Crippen MR) is 125 cm³/mol. The third-order valence-corrected chi connectivity index (χ3v) is 5.97. The molecule has 5 rings (SSSR count). The van der Waals surface area contributed by atoms with Gasteiger partial charge >= 0.3 is 0 Å². The average Bonchev–Trinajstić information content (AvgIpc) is 2.99. The Bertz CT molecular complexity index is 1300. The van der Waals surface area contributed by atoms with Gasteiger partial charge in [0.15, 0.2) is 5.65 Å². The molecule has 1 saturated heterocycles. The predicted octanol–water partition coefficient (Wildman–Crippen LogP) is 3.92. The maximum Gasteiger partial charge on any atom is 0.253 e. The van der Waals surface area contributed by atoms with Crippen molar-refractivity contribution in [1.82, 2.24) is 24.6 Å². The van der Waals surface area contributed by atoms with Gasteiger partial charge in [-0.15, -0.1) is 0 Å². The average molecular weight is 445 g/mol. The van der Waals surface area contributed by atoms with Crippen molar-refractivity contribution in [3.8, 4) is 5.69 Å². The van der Waals surface area contributed by atoms with Crippen LogP contribution >= 0.6 is 0 Å². The lowest BCUT2D eigenvalue weighted by molar-refractivity contribution is 0.0767. The van der Waals surface area contributed by atoms with E-state index in [1.165, 1.54) is 12.1 Å². The summed E-state index contributed by atoms with van der Waals surface area (Å²) in [5.74, 6) is 1.11. The Hall–Kier alpha value is -3.81. The van der Waals surface area contributed by atoms with E-state index in [0.29, 0.717) is 31.0 Å². The summed E-state index contributed by atoms with van der Waals surface area (Å²) in [7, 11) is 0. The van der Waals surface area contributed by atoms with Crippen LogP contribution in [-0.2, 0) is 0 Å². The molecular formula is C25H25FN6O. The minimum Gasteiger partial charge on any atom is -0.354 e. The van der Waals surface area contributed by atoms with E-state index in [4.69, 9.17) is 15.1 Å². The van der Waals surface area contributed by atoms with E-state index in [9.17, 15) is 9.18 Å². The zero-order chi connectivity index (χ0) is 22.9. The van der Waals surface area contributed by atoms with Crippen molar-refractivity contribution in [2.24, 2.45) is 0 Å². The maximum atomic E-state index is 13.2. The zero-order valence-electron chi connectivity index (χ0n) is 18.7. The van der Waals surface area contributed by atoms with Gasteiger partial charge in [-0.3, -0.25) is 4.79 Å². The molecule has 168 valence electrons. The largest absolute Gasteiger partial charge is 0.354 e. The fourth-order valence-electron chi connectivity index (χ4n) is 4.35. The van der Waals surface area contributed by atoms with Crippen LogP contribution in [0.5, 0.6) is 0 Å². The summed E-state index contributed by atoms with van der Waals surface area (Å²) in [5.41, 5.74) is 3.11. The first-order valence-corrected chi connectivity index (χ1v) is 11.1. The fraction of sp³-hybridized carbons (Fsp3) is 0.280. The molecule has 3 heterocycles. The van der Waals surface area contributed by atoms with Gasteiger partial charge in [-0.25, -0.2) is 19.0 Å². The molecule has 0 aliphatic carbocycles. The first-order chi connectivity index (χ1) is 16.0. The molecule has 0 saturated carbocycles. The number of aromatic nitrogens is 4. The second kappa shape index (κ2) is 8.61. The van der Waals surface area contributed by atoms with Crippen LogP contribution in [0.15, 0.2) is 54.6 Å². The Kier molecular flexibility index (Phi) is 5.50. The second-order valence-corrected chi connectivity index (χ2v) is 8.27. The maximum absolute atomic E-state index is 13.2. The number of nitrogens with zero attached hydrogens (tertiary/aromatic N) is 6. The van der Waals surface area contributed by atoms with E-state index in [1.807, 2.05) is 53.8 Å². The Morgan fingerprint density at radius 3 is 2.42 bits per heavy atom. The van der Waals surface area contributed by atoms with Crippen molar-refractivity contribution in [1.29, 1.82) is 0 Å². The lowest BCUT2D eigenvalue weighted by atomic mass is 10.2. The van der Waals surface area contributed by atoms with Gasteiger partial charge in [-0.2, -0.15) is 5.10 Å². The zero-order valence-corrected chi connectivity index (χ0v) is 18.7. The van der Waals surface area contributed by atoms with Crippen molar-refractivity contribution in [3.05, 3.63) is 77.5 Å². The number of carbonyl (C=O) groups is 1. The summed E-state index contributed by atoms with van der Waals surface area (Å²) in [4.78, 5) is 26.5. The van der Waals surface area contributed by atoms with Crippen molar-refractivity contribution in [2.45, 2.75) is 20.3 Å². The normalized spacial score (nSPS) is 14.5. The van der Waals surface area contributed by atoms with Crippen LogP contribution in [-0.4, -0.2) is 56.7 Å². The molecule has 0 N–H and O–H groups in total. The summed E-state index contributed by atoms with van der Waals surface area (Å²) < 4.78 is 15.1. The standard InChI is InChI=1S/C25H25FN6O/c1-17-22-23(27-18(2)28-24(22)32(29-17)21-7-4-3-5-8-21)30-13-6-14-31(16-15-30)25(33)19-9-11-20(26)12-10-19/h3-5,7-12H,6,13-16H2,1-2H3. The summed E-state index contributed by atoms with van der Waals surface area (Å²) in [6.07, 6.45) is 0.809.